The fraction of sp³-hybridized carbons (Fsp3) is 0.435. The lowest BCUT2D eigenvalue weighted by Gasteiger charge is -2.27. The zero-order chi connectivity index (χ0) is 20.6. The molecule has 0 aliphatic carbocycles. The van der Waals surface area contributed by atoms with E-state index in [-0.39, 0.29) is 24.3 Å². The van der Waals surface area contributed by atoms with Gasteiger partial charge in [0.1, 0.15) is 5.82 Å². The molecule has 2 aromatic carbocycles. The Kier molecular flexibility index (Phi) is 7.75. The van der Waals surface area contributed by atoms with Crippen molar-refractivity contribution in [3.63, 3.8) is 0 Å². The molecular formula is C23H30FN3O2. The molecule has 3 rings (SSSR count). The van der Waals surface area contributed by atoms with Crippen LogP contribution in [0.4, 0.5) is 10.1 Å². The largest absolute Gasteiger partial charge is 0.379 e. The quantitative estimate of drug-likeness (QED) is 0.736. The Morgan fingerprint density at radius 1 is 1.14 bits per heavy atom. The predicted molar refractivity (Wildman–Crippen MR) is 113 cm³/mol. The number of morpholine rings is 1. The van der Waals surface area contributed by atoms with Crippen LogP contribution in [0.5, 0.6) is 0 Å². The highest BCUT2D eigenvalue weighted by atomic mass is 19.1. The second kappa shape index (κ2) is 10.5. The normalized spacial score (nSPS) is 16.0. The lowest BCUT2D eigenvalue weighted by Crippen LogP contribution is -2.35. The Labute approximate surface area is 172 Å². The summed E-state index contributed by atoms with van der Waals surface area (Å²) in [6, 6.07) is 14.5. The van der Waals surface area contributed by atoms with Gasteiger partial charge in [0.15, 0.2) is 0 Å². The van der Waals surface area contributed by atoms with E-state index in [2.05, 4.69) is 27.2 Å². The number of ether oxygens (including phenoxy) is 1. The molecule has 1 aliphatic heterocycles. The Hall–Kier alpha value is -2.28. The summed E-state index contributed by atoms with van der Waals surface area (Å²) in [6.07, 6.45) is 0. The van der Waals surface area contributed by atoms with Crippen LogP contribution in [-0.2, 0) is 16.1 Å². The van der Waals surface area contributed by atoms with Crippen LogP contribution in [0, 0.1) is 5.82 Å². The Morgan fingerprint density at radius 2 is 1.79 bits per heavy atom. The first-order valence-electron chi connectivity index (χ1n) is 10.2. The maximum absolute atomic E-state index is 13.2. The fourth-order valence-corrected chi connectivity index (χ4v) is 3.57. The van der Waals surface area contributed by atoms with Crippen molar-refractivity contribution in [2.24, 2.45) is 0 Å². The molecule has 0 radical (unpaired) electrons. The maximum atomic E-state index is 13.2. The number of amides is 1. The Balaban J connectivity index is 1.52. The number of likely N-dealkylation sites (N-methyl/N-ethyl adjacent to an activating group) is 1. The monoisotopic (exact) mass is 399 g/mol. The molecule has 1 saturated heterocycles. The summed E-state index contributed by atoms with van der Waals surface area (Å²) in [4.78, 5) is 17.0. The number of halogens is 1. The molecule has 5 nitrogen and oxygen atoms in total. The van der Waals surface area contributed by atoms with E-state index in [0.29, 0.717) is 0 Å². The molecule has 0 saturated carbocycles. The molecule has 2 aromatic rings. The van der Waals surface area contributed by atoms with E-state index < -0.39 is 0 Å². The molecule has 1 N–H and O–H groups in total. The lowest BCUT2D eigenvalue weighted by molar-refractivity contribution is -0.117. The van der Waals surface area contributed by atoms with Gasteiger partial charge in [-0.05, 0) is 48.9 Å². The summed E-state index contributed by atoms with van der Waals surface area (Å²) in [6.45, 7) is 9.45. The molecule has 0 aromatic heterocycles. The van der Waals surface area contributed by atoms with Gasteiger partial charge in [-0.1, -0.05) is 31.2 Å². The van der Waals surface area contributed by atoms with Crippen LogP contribution in [-0.4, -0.2) is 55.1 Å². The summed E-state index contributed by atoms with van der Waals surface area (Å²) in [5, 5.41) is 2.98. The van der Waals surface area contributed by atoms with Gasteiger partial charge in [-0.2, -0.15) is 0 Å². The number of anilines is 1. The molecule has 0 bridgehead atoms. The minimum Gasteiger partial charge on any atom is -0.379 e. The molecule has 6 heteroatoms. The van der Waals surface area contributed by atoms with E-state index in [0.717, 1.165) is 50.6 Å². The zero-order valence-corrected chi connectivity index (χ0v) is 17.2. The van der Waals surface area contributed by atoms with Gasteiger partial charge in [0, 0.05) is 31.4 Å². The number of benzene rings is 2. The molecule has 1 amide bonds. The van der Waals surface area contributed by atoms with Crippen LogP contribution in [0.25, 0.3) is 0 Å². The van der Waals surface area contributed by atoms with Crippen molar-refractivity contribution in [3.05, 3.63) is 65.5 Å². The summed E-state index contributed by atoms with van der Waals surface area (Å²) >= 11 is 0. The van der Waals surface area contributed by atoms with Crippen molar-refractivity contribution in [3.8, 4) is 0 Å². The van der Waals surface area contributed by atoms with Gasteiger partial charge in [0.2, 0.25) is 5.91 Å². The second-order valence-corrected chi connectivity index (χ2v) is 7.42. The molecule has 1 unspecified atom stereocenters. The van der Waals surface area contributed by atoms with Gasteiger partial charge in [0.25, 0.3) is 0 Å². The molecule has 1 fully saturated rings. The number of nitrogens with one attached hydrogen (secondary N) is 1. The first-order valence-corrected chi connectivity index (χ1v) is 10.2. The Morgan fingerprint density at radius 3 is 2.41 bits per heavy atom. The molecule has 29 heavy (non-hydrogen) atoms. The van der Waals surface area contributed by atoms with Gasteiger partial charge < -0.3 is 10.1 Å². The molecule has 1 atom stereocenters. The third-order valence-corrected chi connectivity index (χ3v) is 5.40. The number of carbonyl (C=O) groups excluding carboxylic acids is 1. The highest BCUT2D eigenvalue weighted by Crippen LogP contribution is 2.20. The molecule has 1 heterocycles. The van der Waals surface area contributed by atoms with Crippen molar-refractivity contribution in [2.45, 2.75) is 26.4 Å². The smallest absolute Gasteiger partial charge is 0.238 e. The van der Waals surface area contributed by atoms with Crippen LogP contribution in [0.1, 0.15) is 31.0 Å². The van der Waals surface area contributed by atoms with E-state index in [4.69, 9.17) is 4.74 Å². The van der Waals surface area contributed by atoms with Crippen molar-refractivity contribution in [1.82, 2.24) is 9.80 Å². The third-order valence-electron chi connectivity index (χ3n) is 5.40. The average Bonchev–Trinajstić information content (AvgIpc) is 2.74. The number of nitrogens with zero attached hydrogens (tertiary/aromatic N) is 2. The van der Waals surface area contributed by atoms with Crippen LogP contribution in [0.2, 0.25) is 0 Å². The van der Waals surface area contributed by atoms with Gasteiger partial charge in [-0.3, -0.25) is 14.6 Å². The predicted octanol–water partition coefficient (Wildman–Crippen LogP) is 3.68. The molecule has 156 valence electrons. The minimum atomic E-state index is -0.251. The van der Waals surface area contributed by atoms with Crippen LogP contribution in [0.3, 0.4) is 0 Å². The standard InChI is InChI=1S/C23H30FN3O2/c1-3-27(18(2)20-6-8-21(24)9-7-20)17-23(28)25-22-10-4-19(5-11-22)16-26-12-14-29-15-13-26/h4-11,18H,3,12-17H2,1-2H3,(H,25,28). The van der Waals surface area contributed by atoms with Crippen molar-refractivity contribution < 1.29 is 13.9 Å². The lowest BCUT2D eigenvalue weighted by atomic mass is 10.1. The molecule has 1 aliphatic rings. The highest BCUT2D eigenvalue weighted by molar-refractivity contribution is 5.92. The van der Waals surface area contributed by atoms with Gasteiger partial charge >= 0.3 is 0 Å². The highest BCUT2D eigenvalue weighted by Gasteiger charge is 2.17. The Bertz CT molecular complexity index is 774. The number of rotatable bonds is 8. The van der Waals surface area contributed by atoms with Crippen molar-refractivity contribution in [1.29, 1.82) is 0 Å². The average molecular weight is 400 g/mol. The van der Waals surface area contributed by atoms with E-state index in [1.165, 1.54) is 17.7 Å². The minimum absolute atomic E-state index is 0.0299. The summed E-state index contributed by atoms with van der Waals surface area (Å²) in [7, 11) is 0. The van der Waals surface area contributed by atoms with Gasteiger partial charge in [-0.25, -0.2) is 4.39 Å². The third kappa shape index (κ3) is 6.35. The van der Waals surface area contributed by atoms with Crippen molar-refractivity contribution >= 4 is 11.6 Å². The van der Waals surface area contributed by atoms with E-state index in [9.17, 15) is 9.18 Å². The van der Waals surface area contributed by atoms with Gasteiger partial charge in [0.05, 0.1) is 19.8 Å². The number of carbonyl (C=O) groups is 1. The summed E-state index contributed by atoms with van der Waals surface area (Å²) in [5.74, 6) is -0.305. The zero-order valence-electron chi connectivity index (χ0n) is 17.2. The number of hydrogen-bond donors (Lipinski definition) is 1. The first kappa shape index (κ1) is 21.4. The van der Waals surface area contributed by atoms with Crippen LogP contribution < -0.4 is 5.32 Å². The van der Waals surface area contributed by atoms with Crippen LogP contribution >= 0.6 is 0 Å². The fourth-order valence-electron chi connectivity index (χ4n) is 3.57. The SMILES string of the molecule is CCN(CC(=O)Nc1ccc(CN2CCOCC2)cc1)C(C)c1ccc(F)cc1. The van der Waals surface area contributed by atoms with E-state index in [1.807, 2.05) is 26.0 Å². The van der Waals surface area contributed by atoms with E-state index >= 15 is 0 Å². The molecular weight excluding hydrogens is 369 g/mol. The first-order chi connectivity index (χ1) is 14.0. The van der Waals surface area contributed by atoms with E-state index in [1.54, 1.807) is 12.1 Å². The number of hydrogen-bond acceptors (Lipinski definition) is 4. The summed E-state index contributed by atoms with van der Waals surface area (Å²) in [5.41, 5.74) is 3.02. The topological polar surface area (TPSA) is 44.8 Å². The van der Waals surface area contributed by atoms with Gasteiger partial charge in [-0.15, -0.1) is 0 Å². The summed E-state index contributed by atoms with van der Waals surface area (Å²) < 4.78 is 18.5. The second-order valence-electron chi connectivity index (χ2n) is 7.42. The molecule has 0 spiro atoms. The van der Waals surface area contributed by atoms with Crippen LogP contribution in [0.15, 0.2) is 48.5 Å². The van der Waals surface area contributed by atoms with Crippen molar-refractivity contribution in [2.75, 3.05) is 44.7 Å². The maximum Gasteiger partial charge on any atom is 0.238 e.